The van der Waals surface area contributed by atoms with Crippen molar-refractivity contribution in [1.82, 2.24) is 24.6 Å². The third-order valence-corrected chi connectivity index (χ3v) is 6.30. The molecule has 184 valence electrons. The minimum absolute atomic E-state index is 0.0531. The number of carbonyl (C=O) groups is 1. The number of anilines is 1. The van der Waals surface area contributed by atoms with Gasteiger partial charge in [-0.05, 0) is 25.0 Å². The second-order valence-electron chi connectivity index (χ2n) is 7.44. The predicted molar refractivity (Wildman–Crippen MR) is 126 cm³/mol. The summed E-state index contributed by atoms with van der Waals surface area (Å²) < 4.78 is 29.4. The molecule has 34 heavy (non-hydrogen) atoms. The van der Waals surface area contributed by atoms with Crippen molar-refractivity contribution < 1.29 is 28.7 Å². The van der Waals surface area contributed by atoms with Crippen molar-refractivity contribution in [2.75, 3.05) is 32.7 Å². The van der Waals surface area contributed by atoms with Gasteiger partial charge >= 0.3 is 12.0 Å². The van der Waals surface area contributed by atoms with Gasteiger partial charge in [0, 0.05) is 13.3 Å². The molecule has 2 atom stereocenters. The number of nitrogens with two attached hydrogens (primary N) is 1. The standard InChI is InChI=1S/C21H29N6O6P/c1-4-32-19(28)13(2)26-34(30)12-15-7-5-6-14(10-15)11-27-18-16(23-21(27)29)17(22)24-20(25-18)33-9-8-31-3/h5-7,10,13,34H,4,8-9,11-12H2,1-3H3,(H,23,29)(H,26,30)(H2,22,24,25). The van der Waals surface area contributed by atoms with E-state index in [0.29, 0.717) is 12.3 Å². The van der Waals surface area contributed by atoms with Crippen LogP contribution in [0, 0.1) is 0 Å². The summed E-state index contributed by atoms with van der Waals surface area (Å²) in [6.07, 6.45) is 0.255. The second kappa shape index (κ2) is 11.8. The summed E-state index contributed by atoms with van der Waals surface area (Å²) in [5.74, 6) is -0.357. The first-order valence-corrected chi connectivity index (χ1v) is 12.3. The topological polar surface area (TPSA) is 164 Å². The van der Waals surface area contributed by atoms with Crippen molar-refractivity contribution >= 4 is 30.9 Å². The van der Waals surface area contributed by atoms with E-state index in [9.17, 15) is 14.5 Å². The Balaban J connectivity index is 1.76. The monoisotopic (exact) mass is 492 g/mol. The van der Waals surface area contributed by atoms with Gasteiger partial charge in [-0.15, -0.1) is 0 Å². The number of hydrogen-bond donors (Lipinski definition) is 3. The smallest absolute Gasteiger partial charge is 0.323 e. The Morgan fingerprint density at radius 2 is 2.03 bits per heavy atom. The number of methoxy groups -OCH3 is 1. The van der Waals surface area contributed by atoms with Gasteiger partial charge in [0.15, 0.2) is 17.0 Å². The van der Waals surface area contributed by atoms with Crippen LogP contribution in [0.25, 0.3) is 11.2 Å². The summed E-state index contributed by atoms with van der Waals surface area (Å²) >= 11 is 0. The van der Waals surface area contributed by atoms with E-state index in [1.54, 1.807) is 21.0 Å². The fourth-order valence-corrected chi connectivity index (χ4v) is 4.53. The van der Waals surface area contributed by atoms with Crippen molar-refractivity contribution in [3.8, 4) is 12.0 Å². The highest BCUT2D eigenvalue weighted by atomic mass is 31.1. The van der Waals surface area contributed by atoms with E-state index in [-0.39, 0.29) is 49.3 Å². The molecular formula is C21H29N6O6P. The maximum atomic E-state index is 12.5. The number of hydrogen-bond acceptors (Lipinski definition) is 10. The molecule has 13 heteroatoms. The lowest BCUT2D eigenvalue weighted by Crippen LogP contribution is -2.31. The summed E-state index contributed by atoms with van der Waals surface area (Å²) in [4.78, 5) is 24.2. The van der Waals surface area contributed by atoms with Gasteiger partial charge in [-0.2, -0.15) is 15.0 Å². The SMILES string of the molecule is CCOC(=O)C(C)N[PH](=O)Cc1cccc(Cn2c(O)nc3c(N)nc(OCCOC)nc32)c1. The number of aromatic nitrogens is 4. The fourth-order valence-electron chi connectivity index (χ4n) is 3.24. The Bertz CT molecular complexity index is 1170. The maximum Gasteiger partial charge on any atom is 0.323 e. The first kappa shape index (κ1) is 25.4. The molecule has 0 amide bonds. The number of aromatic hydroxyl groups is 1. The summed E-state index contributed by atoms with van der Waals surface area (Å²) in [5, 5.41) is 13.2. The van der Waals surface area contributed by atoms with Gasteiger partial charge < -0.3 is 29.6 Å². The number of nitrogen functional groups attached to an aromatic ring is 1. The van der Waals surface area contributed by atoms with E-state index in [2.05, 4.69) is 20.0 Å². The first-order valence-electron chi connectivity index (χ1n) is 10.7. The largest absolute Gasteiger partial charge is 0.480 e. The van der Waals surface area contributed by atoms with E-state index in [1.165, 1.54) is 4.57 Å². The number of imidazole rings is 1. The third-order valence-electron chi connectivity index (χ3n) is 4.81. The van der Waals surface area contributed by atoms with Crippen LogP contribution in [-0.4, -0.2) is 63.6 Å². The highest BCUT2D eigenvalue weighted by Crippen LogP contribution is 2.27. The van der Waals surface area contributed by atoms with Crippen molar-refractivity contribution in [3.05, 3.63) is 35.4 Å². The number of carbonyl (C=O) groups excluding carboxylic acids is 1. The van der Waals surface area contributed by atoms with Crippen molar-refractivity contribution in [3.63, 3.8) is 0 Å². The molecule has 0 radical (unpaired) electrons. The van der Waals surface area contributed by atoms with Crippen molar-refractivity contribution in [2.24, 2.45) is 0 Å². The van der Waals surface area contributed by atoms with Crippen LogP contribution in [0.15, 0.2) is 24.3 Å². The third kappa shape index (κ3) is 6.43. The molecule has 0 aliphatic heterocycles. The molecule has 0 aliphatic carbocycles. The van der Waals surface area contributed by atoms with Crippen LogP contribution in [0.3, 0.4) is 0 Å². The van der Waals surface area contributed by atoms with Gasteiger partial charge in [0.2, 0.25) is 0 Å². The Labute approximate surface area is 197 Å². The molecule has 4 N–H and O–H groups in total. The van der Waals surface area contributed by atoms with Crippen LogP contribution in [0.5, 0.6) is 12.0 Å². The molecule has 3 rings (SSSR count). The molecule has 12 nitrogen and oxygen atoms in total. The first-order chi connectivity index (χ1) is 16.3. The van der Waals surface area contributed by atoms with E-state index >= 15 is 0 Å². The Morgan fingerprint density at radius 1 is 1.26 bits per heavy atom. The molecule has 0 bridgehead atoms. The van der Waals surface area contributed by atoms with Crippen LogP contribution >= 0.6 is 7.95 Å². The number of nitrogens with zero attached hydrogens (tertiary/aromatic N) is 4. The normalized spacial score (nSPS) is 13.0. The van der Waals surface area contributed by atoms with Gasteiger partial charge in [-0.1, -0.05) is 24.3 Å². The molecule has 0 aliphatic rings. The number of ether oxygens (including phenoxy) is 3. The van der Waals surface area contributed by atoms with Crippen molar-refractivity contribution in [1.29, 1.82) is 0 Å². The van der Waals surface area contributed by atoms with E-state index in [1.807, 2.05) is 24.3 Å². The number of rotatable bonds is 12. The van der Waals surface area contributed by atoms with Gasteiger partial charge in [0.1, 0.15) is 20.6 Å². The average Bonchev–Trinajstić information content (AvgIpc) is 3.10. The van der Waals surface area contributed by atoms with Crippen LogP contribution < -0.4 is 15.6 Å². The molecule has 2 heterocycles. The Morgan fingerprint density at radius 3 is 2.76 bits per heavy atom. The predicted octanol–water partition coefficient (Wildman–Crippen LogP) is 1.70. The molecular weight excluding hydrogens is 463 g/mol. The lowest BCUT2D eigenvalue weighted by Gasteiger charge is -2.13. The fraction of sp³-hybridized carbons (Fsp3) is 0.429. The average molecular weight is 492 g/mol. The number of esters is 1. The minimum atomic E-state index is -2.28. The highest BCUT2D eigenvalue weighted by molar-refractivity contribution is 7.41. The number of fused-ring (bicyclic) bond motifs is 1. The van der Waals surface area contributed by atoms with Gasteiger partial charge in [-0.3, -0.25) is 14.4 Å². The van der Waals surface area contributed by atoms with Crippen LogP contribution in [0.1, 0.15) is 25.0 Å². The van der Waals surface area contributed by atoms with Crippen LogP contribution in [0.4, 0.5) is 5.82 Å². The Kier molecular flexibility index (Phi) is 8.80. The van der Waals surface area contributed by atoms with Gasteiger partial charge in [0.25, 0.3) is 6.01 Å². The number of benzene rings is 1. The molecule has 2 unspecified atom stereocenters. The molecule has 0 saturated heterocycles. The highest BCUT2D eigenvalue weighted by Gasteiger charge is 2.18. The van der Waals surface area contributed by atoms with Crippen LogP contribution in [-0.2, 0) is 31.5 Å². The zero-order valence-corrected chi connectivity index (χ0v) is 20.3. The summed E-state index contributed by atoms with van der Waals surface area (Å²) in [6, 6.07) is 6.52. The lowest BCUT2D eigenvalue weighted by molar-refractivity contribution is -0.144. The lowest BCUT2D eigenvalue weighted by atomic mass is 10.1. The molecule has 2 aromatic heterocycles. The van der Waals surface area contributed by atoms with Crippen LogP contribution in [0.2, 0.25) is 0 Å². The molecule has 1 aromatic carbocycles. The molecule has 0 fully saturated rings. The van der Waals surface area contributed by atoms with Gasteiger partial charge in [-0.25, -0.2) is 0 Å². The van der Waals surface area contributed by atoms with E-state index in [4.69, 9.17) is 19.9 Å². The zero-order chi connectivity index (χ0) is 24.7. The maximum absolute atomic E-state index is 12.5. The summed E-state index contributed by atoms with van der Waals surface area (Å²) in [7, 11) is -0.727. The molecule has 0 spiro atoms. The van der Waals surface area contributed by atoms with E-state index in [0.717, 1.165) is 11.1 Å². The van der Waals surface area contributed by atoms with Crippen molar-refractivity contribution in [2.45, 2.75) is 32.6 Å². The van der Waals surface area contributed by atoms with Gasteiger partial charge in [0.05, 0.1) is 19.8 Å². The molecule has 0 saturated carbocycles. The second-order valence-corrected chi connectivity index (χ2v) is 8.93. The Hall–Kier alpha value is -3.21. The zero-order valence-electron chi connectivity index (χ0n) is 19.3. The summed E-state index contributed by atoms with van der Waals surface area (Å²) in [6.45, 7) is 4.43. The summed E-state index contributed by atoms with van der Waals surface area (Å²) in [5.41, 5.74) is 8.19. The number of nitrogens with one attached hydrogen (secondary N) is 1. The quantitative estimate of drug-likeness (QED) is 0.191. The molecule has 3 aromatic rings. The minimum Gasteiger partial charge on any atom is -0.480 e. The van der Waals surface area contributed by atoms with E-state index < -0.39 is 20.0 Å².